The van der Waals surface area contributed by atoms with Gasteiger partial charge in [0, 0.05) is 11.3 Å². The van der Waals surface area contributed by atoms with Crippen LogP contribution in [0.2, 0.25) is 0 Å². The molecule has 0 saturated heterocycles. The molecule has 86 valence electrons. The number of rotatable bonds is 3. The average molecular weight is 228 g/mol. The van der Waals surface area contributed by atoms with Gasteiger partial charge in [-0.2, -0.15) is 5.10 Å². The SMILES string of the molecule is CC(C)=NNc1nnc(-c2ccccc2)nn1. The van der Waals surface area contributed by atoms with E-state index in [0.29, 0.717) is 5.82 Å². The van der Waals surface area contributed by atoms with Gasteiger partial charge in [-0.05, 0) is 13.8 Å². The summed E-state index contributed by atoms with van der Waals surface area (Å²) < 4.78 is 0. The summed E-state index contributed by atoms with van der Waals surface area (Å²) in [4.78, 5) is 0. The van der Waals surface area contributed by atoms with Crippen molar-refractivity contribution < 1.29 is 0 Å². The maximum Gasteiger partial charge on any atom is 0.282 e. The van der Waals surface area contributed by atoms with Gasteiger partial charge in [0.05, 0.1) is 0 Å². The third-order valence-corrected chi connectivity index (χ3v) is 1.89. The lowest BCUT2D eigenvalue weighted by molar-refractivity contribution is 0.866. The normalized spacial score (nSPS) is 9.76. The molecule has 1 aromatic carbocycles. The molecule has 0 bridgehead atoms. The topological polar surface area (TPSA) is 76.0 Å². The summed E-state index contributed by atoms with van der Waals surface area (Å²) in [5.41, 5.74) is 4.42. The molecule has 6 nitrogen and oxygen atoms in total. The van der Waals surface area contributed by atoms with Crippen molar-refractivity contribution in [2.75, 3.05) is 5.43 Å². The minimum atomic E-state index is 0.283. The van der Waals surface area contributed by atoms with Crippen molar-refractivity contribution in [1.82, 2.24) is 20.4 Å². The van der Waals surface area contributed by atoms with Crippen LogP contribution >= 0.6 is 0 Å². The first-order valence-electron chi connectivity index (χ1n) is 5.15. The summed E-state index contributed by atoms with van der Waals surface area (Å²) >= 11 is 0. The molecule has 17 heavy (non-hydrogen) atoms. The van der Waals surface area contributed by atoms with Crippen molar-refractivity contribution in [2.45, 2.75) is 13.8 Å². The Morgan fingerprint density at radius 1 is 1.00 bits per heavy atom. The van der Waals surface area contributed by atoms with E-state index in [1.807, 2.05) is 44.2 Å². The van der Waals surface area contributed by atoms with Gasteiger partial charge in [-0.3, -0.25) is 0 Å². The highest BCUT2D eigenvalue weighted by Gasteiger charge is 2.02. The highest BCUT2D eigenvalue weighted by Crippen LogP contribution is 2.11. The number of hydrogen-bond donors (Lipinski definition) is 1. The zero-order valence-electron chi connectivity index (χ0n) is 9.62. The van der Waals surface area contributed by atoms with Gasteiger partial charge in [0.2, 0.25) is 5.82 Å². The highest BCUT2D eigenvalue weighted by atomic mass is 15.4. The quantitative estimate of drug-likeness (QED) is 0.639. The van der Waals surface area contributed by atoms with Crippen LogP contribution in [0.1, 0.15) is 13.8 Å². The number of anilines is 1. The van der Waals surface area contributed by atoms with Crippen molar-refractivity contribution >= 4 is 11.7 Å². The van der Waals surface area contributed by atoms with Gasteiger partial charge in [0.1, 0.15) is 0 Å². The third-order valence-electron chi connectivity index (χ3n) is 1.89. The standard InChI is InChI=1S/C11H12N6/c1-8(2)12-15-11-16-13-10(14-17-11)9-6-4-3-5-7-9/h3-7H,1-2H3,(H,15,16,17). The Hall–Kier alpha value is -2.37. The lowest BCUT2D eigenvalue weighted by Gasteiger charge is -1.99. The molecular formula is C11H12N6. The first-order chi connectivity index (χ1) is 8.25. The van der Waals surface area contributed by atoms with Crippen LogP contribution in [0.4, 0.5) is 5.95 Å². The van der Waals surface area contributed by atoms with E-state index >= 15 is 0 Å². The van der Waals surface area contributed by atoms with Crippen molar-refractivity contribution in [3.05, 3.63) is 30.3 Å². The van der Waals surface area contributed by atoms with E-state index in [1.54, 1.807) is 0 Å². The van der Waals surface area contributed by atoms with Gasteiger partial charge >= 0.3 is 0 Å². The largest absolute Gasteiger partial charge is 0.282 e. The van der Waals surface area contributed by atoms with Gasteiger partial charge in [0.15, 0.2) is 0 Å². The van der Waals surface area contributed by atoms with Crippen LogP contribution in [-0.4, -0.2) is 26.1 Å². The van der Waals surface area contributed by atoms with E-state index in [1.165, 1.54) is 0 Å². The molecule has 0 saturated carbocycles. The maximum atomic E-state index is 3.97. The Bertz CT molecular complexity index is 501. The van der Waals surface area contributed by atoms with Crippen LogP contribution in [-0.2, 0) is 0 Å². The van der Waals surface area contributed by atoms with E-state index in [-0.39, 0.29) is 5.95 Å². The third kappa shape index (κ3) is 3.04. The Morgan fingerprint density at radius 2 is 1.65 bits per heavy atom. The van der Waals surface area contributed by atoms with Gasteiger partial charge in [-0.1, -0.05) is 30.3 Å². The van der Waals surface area contributed by atoms with E-state index in [2.05, 4.69) is 30.9 Å². The number of aromatic nitrogens is 4. The number of hydrazone groups is 1. The molecule has 1 aromatic heterocycles. The molecule has 0 atom stereocenters. The number of hydrogen-bond acceptors (Lipinski definition) is 6. The first-order valence-corrected chi connectivity index (χ1v) is 5.15. The predicted molar refractivity (Wildman–Crippen MR) is 65.5 cm³/mol. The number of benzene rings is 1. The monoisotopic (exact) mass is 228 g/mol. The summed E-state index contributed by atoms with van der Waals surface area (Å²) in [6, 6.07) is 9.56. The predicted octanol–water partition coefficient (Wildman–Crippen LogP) is 1.74. The first kappa shape index (κ1) is 11.1. The summed E-state index contributed by atoms with van der Waals surface area (Å²) in [6.45, 7) is 3.73. The van der Waals surface area contributed by atoms with Crippen LogP contribution in [0.15, 0.2) is 35.4 Å². The van der Waals surface area contributed by atoms with Crippen molar-refractivity contribution in [3.8, 4) is 11.4 Å². The molecule has 6 heteroatoms. The Labute approximate surface area is 98.8 Å². The summed E-state index contributed by atoms with van der Waals surface area (Å²) in [5, 5.41) is 19.7. The zero-order valence-corrected chi connectivity index (χ0v) is 9.62. The lowest BCUT2D eigenvalue weighted by Crippen LogP contribution is -2.03. The minimum absolute atomic E-state index is 0.283. The Kier molecular flexibility index (Phi) is 3.34. The molecule has 0 radical (unpaired) electrons. The molecule has 0 amide bonds. The van der Waals surface area contributed by atoms with Gasteiger partial charge in [0.25, 0.3) is 5.95 Å². The van der Waals surface area contributed by atoms with Gasteiger partial charge < -0.3 is 0 Å². The summed E-state index contributed by atoms with van der Waals surface area (Å²) in [5.74, 6) is 0.777. The molecule has 0 unspecified atom stereocenters. The molecule has 0 aliphatic carbocycles. The molecule has 0 fully saturated rings. The Balaban J connectivity index is 2.16. The van der Waals surface area contributed by atoms with E-state index < -0.39 is 0 Å². The van der Waals surface area contributed by atoms with E-state index in [0.717, 1.165) is 11.3 Å². The number of nitrogens with zero attached hydrogens (tertiary/aromatic N) is 5. The summed E-state index contributed by atoms with van der Waals surface area (Å²) in [6.07, 6.45) is 0. The second kappa shape index (κ2) is 5.11. The van der Waals surface area contributed by atoms with Crippen molar-refractivity contribution in [2.24, 2.45) is 5.10 Å². The smallest absolute Gasteiger partial charge is 0.243 e. The van der Waals surface area contributed by atoms with Crippen LogP contribution in [0.25, 0.3) is 11.4 Å². The average Bonchev–Trinajstić information content (AvgIpc) is 2.38. The van der Waals surface area contributed by atoms with Crippen LogP contribution < -0.4 is 5.43 Å². The minimum Gasteiger partial charge on any atom is -0.243 e. The van der Waals surface area contributed by atoms with E-state index in [9.17, 15) is 0 Å². The second-order valence-electron chi connectivity index (χ2n) is 3.58. The second-order valence-corrected chi connectivity index (χ2v) is 3.58. The van der Waals surface area contributed by atoms with Crippen LogP contribution in [0.3, 0.4) is 0 Å². The van der Waals surface area contributed by atoms with Crippen molar-refractivity contribution in [3.63, 3.8) is 0 Å². The van der Waals surface area contributed by atoms with Crippen LogP contribution in [0.5, 0.6) is 0 Å². The molecule has 0 spiro atoms. The van der Waals surface area contributed by atoms with Crippen molar-refractivity contribution in [1.29, 1.82) is 0 Å². The fourth-order valence-electron chi connectivity index (χ4n) is 1.14. The highest BCUT2D eigenvalue weighted by molar-refractivity contribution is 5.79. The lowest BCUT2D eigenvalue weighted by atomic mass is 10.2. The molecule has 0 aliphatic heterocycles. The molecule has 1 heterocycles. The zero-order chi connectivity index (χ0) is 12.1. The number of nitrogens with one attached hydrogen (secondary N) is 1. The molecule has 2 rings (SSSR count). The fourth-order valence-corrected chi connectivity index (χ4v) is 1.14. The molecule has 0 aliphatic rings. The molecular weight excluding hydrogens is 216 g/mol. The van der Waals surface area contributed by atoms with Crippen LogP contribution in [0, 0.1) is 0 Å². The Morgan fingerprint density at radius 3 is 2.24 bits per heavy atom. The maximum absolute atomic E-state index is 3.97. The van der Waals surface area contributed by atoms with Gasteiger partial charge in [-0.25, -0.2) is 5.43 Å². The molecule has 2 aromatic rings. The molecule has 1 N–H and O–H groups in total. The van der Waals surface area contributed by atoms with Gasteiger partial charge in [-0.15, -0.1) is 20.4 Å². The summed E-state index contributed by atoms with van der Waals surface area (Å²) in [7, 11) is 0. The van der Waals surface area contributed by atoms with E-state index in [4.69, 9.17) is 0 Å². The fraction of sp³-hybridized carbons (Fsp3) is 0.182.